The molecule has 0 bridgehead atoms. The SMILES string of the molecule is CCc1ccccc1C(C#N)NC. The van der Waals surface area contributed by atoms with Crippen LogP contribution in [0.25, 0.3) is 0 Å². The largest absolute Gasteiger partial charge is 0.301 e. The number of hydrogen-bond acceptors (Lipinski definition) is 2. The highest BCUT2D eigenvalue weighted by Gasteiger charge is 2.09. The highest BCUT2D eigenvalue weighted by molar-refractivity contribution is 5.33. The molecule has 0 aliphatic rings. The van der Waals surface area contributed by atoms with Crippen molar-refractivity contribution in [2.45, 2.75) is 19.4 Å². The summed E-state index contributed by atoms with van der Waals surface area (Å²) in [6.45, 7) is 2.10. The van der Waals surface area contributed by atoms with Crippen molar-refractivity contribution < 1.29 is 0 Å². The Bertz CT molecular complexity index is 312. The van der Waals surface area contributed by atoms with E-state index < -0.39 is 0 Å². The topological polar surface area (TPSA) is 35.8 Å². The molecule has 1 unspecified atom stereocenters. The van der Waals surface area contributed by atoms with Crippen molar-refractivity contribution in [1.29, 1.82) is 5.26 Å². The van der Waals surface area contributed by atoms with Crippen molar-refractivity contribution in [2.24, 2.45) is 0 Å². The van der Waals surface area contributed by atoms with Gasteiger partial charge in [-0.3, -0.25) is 0 Å². The maximum Gasteiger partial charge on any atom is 0.121 e. The Balaban J connectivity index is 3.05. The molecule has 13 heavy (non-hydrogen) atoms. The van der Waals surface area contributed by atoms with Gasteiger partial charge in [-0.1, -0.05) is 31.2 Å². The summed E-state index contributed by atoms with van der Waals surface area (Å²) >= 11 is 0. The summed E-state index contributed by atoms with van der Waals surface area (Å²) in [4.78, 5) is 0. The summed E-state index contributed by atoms with van der Waals surface area (Å²) in [7, 11) is 1.81. The van der Waals surface area contributed by atoms with Crippen molar-refractivity contribution in [3.05, 3.63) is 35.4 Å². The maximum absolute atomic E-state index is 8.89. The Morgan fingerprint density at radius 3 is 2.69 bits per heavy atom. The molecule has 2 nitrogen and oxygen atoms in total. The van der Waals surface area contributed by atoms with Crippen LogP contribution >= 0.6 is 0 Å². The summed E-state index contributed by atoms with van der Waals surface area (Å²) in [6.07, 6.45) is 0.968. The van der Waals surface area contributed by atoms with Crippen LogP contribution in [0.4, 0.5) is 0 Å². The number of aryl methyl sites for hydroxylation is 1. The van der Waals surface area contributed by atoms with E-state index in [4.69, 9.17) is 5.26 Å². The monoisotopic (exact) mass is 174 g/mol. The Labute approximate surface area is 79.2 Å². The average Bonchev–Trinajstić information content (AvgIpc) is 2.20. The van der Waals surface area contributed by atoms with Crippen molar-refractivity contribution in [2.75, 3.05) is 7.05 Å². The molecule has 2 heteroatoms. The van der Waals surface area contributed by atoms with E-state index in [9.17, 15) is 0 Å². The first kappa shape index (κ1) is 9.76. The molecule has 0 amide bonds. The second-order valence-electron chi connectivity index (χ2n) is 2.90. The zero-order valence-corrected chi connectivity index (χ0v) is 8.04. The van der Waals surface area contributed by atoms with Gasteiger partial charge in [-0.05, 0) is 24.6 Å². The van der Waals surface area contributed by atoms with Crippen LogP contribution in [0.2, 0.25) is 0 Å². The van der Waals surface area contributed by atoms with E-state index in [1.807, 2.05) is 18.2 Å². The van der Waals surface area contributed by atoms with E-state index in [-0.39, 0.29) is 6.04 Å². The molecule has 0 heterocycles. The first-order valence-corrected chi connectivity index (χ1v) is 4.48. The van der Waals surface area contributed by atoms with Crippen LogP contribution in [-0.2, 0) is 6.42 Å². The fourth-order valence-corrected chi connectivity index (χ4v) is 1.43. The number of nitrogens with zero attached hydrogens (tertiary/aromatic N) is 1. The lowest BCUT2D eigenvalue weighted by molar-refractivity contribution is 0.718. The summed E-state index contributed by atoms with van der Waals surface area (Å²) in [5.74, 6) is 0. The zero-order valence-electron chi connectivity index (χ0n) is 8.04. The Morgan fingerprint density at radius 1 is 1.46 bits per heavy atom. The minimum Gasteiger partial charge on any atom is -0.301 e. The highest BCUT2D eigenvalue weighted by atomic mass is 14.9. The highest BCUT2D eigenvalue weighted by Crippen LogP contribution is 2.17. The quantitative estimate of drug-likeness (QED) is 0.761. The van der Waals surface area contributed by atoms with Gasteiger partial charge in [0.15, 0.2) is 0 Å². The molecule has 0 aliphatic carbocycles. The molecule has 1 rings (SSSR count). The van der Waals surface area contributed by atoms with Crippen LogP contribution in [0.15, 0.2) is 24.3 Å². The first-order valence-electron chi connectivity index (χ1n) is 4.48. The van der Waals surface area contributed by atoms with E-state index in [1.165, 1.54) is 5.56 Å². The molecule has 0 aliphatic heterocycles. The fraction of sp³-hybridized carbons (Fsp3) is 0.364. The van der Waals surface area contributed by atoms with Gasteiger partial charge in [0, 0.05) is 0 Å². The van der Waals surface area contributed by atoms with Gasteiger partial charge in [0.05, 0.1) is 6.07 Å². The molecule has 0 spiro atoms. The third-order valence-electron chi connectivity index (χ3n) is 2.16. The predicted molar refractivity (Wildman–Crippen MR) is 53.2 cm³/mol. The van der Waals surface area contributed by atoms with Gasteiger partial charge >= 0.3 is 0 Å². The lowest BCUT2D eigenvalue weighted by atomic mass is 10.00. The Hall–Kier alpha value is -1.33. The van der Waals surface area contributed by atoms with Crippen LogP contribution in [0.1, 0.15) is 24.1 Å². The Morgan fingerprint density at radius 2 is 2.15 bits per heavy atom. The molecule has 1 aromatic rings. The van der Waals surface area contributed by atoms with E-state index >= 15 is 0 Å². The molecule has 1 aromatic carbocycles. The molecule has 1 N–H and O–H groups in total. The molecule has 0 aromatic heterocycles. The fourth-order valence-electron chi connectivity index (χ4n) is 1.43. The van der Waals surface area contributed by atoms with E-state index in [1.54, 1.807) is 7.05 Å². The summed E-state index contributed by atoms with van der Waals surface area (Å²) in [5.41, 5.74) is 2.33. The minimum absolute atomic E-state index is 0.184. The van der Waals surface area contributed by atoms with Gasteiger partial charge in [0.25, 0.3) is 0 Å². The van der Waals surface area contributed by atoms with Crippen molar-refractivity contribution >= 4 is 0 Å². The predicted octanol–water partition coefficient (Wildman–Crippen LogP) is 2.03. The number of hydrogen-bond donors (Lipinski definition) is 1. The van der Waals surface area contributed by atoms with Gasteiger partial charge < -0.3 is 5.32 Å². The smallest absolute Gasteiger partial charge is 0.121 e. The number of nitriles is 1. The molecule has 0 radical (unpaired) electrons. The van der Waals surface area contributed by atoms with Gasteiger partial charge in [-0.25, -0.2) is 0 Å². The van der Waals surface area contributed by atoms with Crippen molar-refractivity contribution in [3.8, 4) is 6.07 Å². The minimum atomic E-state index is -0.184. The molecular weight excluding hydrogens is 160 g/mol. The van der Waals surface area contributed by atoms with Gasteiger partial charge in [-0.15, -0.1) is 0 Å². The normalized spacial score (nSPS) is 12.1. The average molecular weight is 174 g/mol. The summed E-state index contributed by atoms with van der Waals surface area (Å²) in [6, 6.07) is 10.1. The third kappa shape index (κ3) is 2.07. The molecule has 1 atom stereocenters. The van der Waals surface area contributed by atoms with Crippen LogP contribution in [0.5, 0.6) is 0 Å². The van der Waals surface area contributed by atoms with Crippen molar-refractivity contribution in [3.63, 3.8) is 0 Å². The molecule has 0 saturated carbocycles. The second-order valence-corrected chi connectivity index (χ2v) is 2.90. The lowest BCUT2D eigenvalue weighted by Gasteiger charge is -2.11. The van der Waals surface area contributed by atoms with Gasteiger partial charge in [0.2, 0.25) is 0 Å². The summed E-state index contributed by atoms with van der Waals surface area (Å²) < 4.78 is 0. The molecule has 0 fully saturated rings. The first-order chi connectivity index (χ1) is 6.33. The standard InChI is InChI=1S/C11H14N2/c1-3-9-6-4-5-7-10(9)11(8-12)13-2/h4-7,11,13H,3H2,1-2H3. The van der Waals surface area contributed by atoms with Crippen LogP contribution < -0.4 is 5.32 Å². The maximum atomic E-state index is 8.89. The van der Waals surface area contributed by atoms with E-state index in [0.29, 0.717) is 0 Å². The van der Waals surface area contributed by atoms with Crippen molar-refractivity contribution in [1.82, 2.24) is 5.32 Å². The van der Waals surface area contributed by atoms with E-state index in [2.05, 4.69) is 24.4 Å². The molecule has 68 valence electrons. The second kappa shape index (κ2) is 4.64. The zero-order chi connectivity index (χ0) is 9.68. The van der Waals surface area contributed by atoms with E-state index in [0.717, 1.165) is 12.0 Å². The lowest BCUT2D eigenvalue weighted by Crippen LogP contribution is -2.15. The number of benzene rings is 1. The van der Waals surface area contributed by atoms with Crippen LogP contribution in [0, 0.1) is 11.3 Å². The Kier molecular flexibility index (Phi) is 3.48. The number of nitrogens with one attached hydrogen (secondary N) is 1. The van der Waals surface area contributed by atoms with Crippen LogP contribution in [0.3, 0.4) is 0 Å². The van der Waals surface area contributed by atoms with Gasteiger partial charge in [-0.2, -0.15) is 5.26 Å². The molecule has 0 saturated heterocycles. The number of rotatable bonds is 3. The molecular formula is C11H14N2. The third-order valence-corrected chi connectivity index (χ3v) is 2.16. The van der Waals surface area contributed by atoms with Gasteiger partial charge in [0.1, 0.15) is 6.04 Å². The summed E-state index contributed by atoms with van der Waals surface area (Å²) in [5, 5.41) is 11.9. The van der Waals surface area contributed by atoms with Crippen LogP contribution in [-0.4, -0.2) is 7.05 Å².